The first kappa shape index (κ1) is 13.5. The molecule has 2 aliphatic heterocycles. The lowest BCUT2D eigenvalue weighted by molar-refractivity contribution is -0.0645. The van der Waals surface area contributed by atoms with E-state index >= 15 is 0 Å². The Hall–Kier alpha value is -1.91. The molecule has 2 heterocycles. The molecule has 2 rings (SSSR count). The summed E-state index contributed by atoms with van der Waals surface area (Å²) >= 11 is 0. The highest BCUT2D eigenvalue weighted by Gasteiger charge is 2.39. The number of rotatable bonds is 2. The van der Waals surface area contributed by atoms with E-state index in [1.54, 1.807) is 0 Å². The Labute approximate surface area is 107 Å². The minimum absolute atomic E-state index is 0.00647. The Balaban J connectivity index is 1.99. The van der Waals surface area contributed by atoms with Crippen molar-refractivity contribution in [3.63, 3.8) is 0 Å². The molecule has 0 aromatic rings. The minimum Gasteiger partial charge on any atom is -0.465 e. The molecular formula is C9H14N4O6. The fourth-order valence-electron chi connectivity index (χ4n) is 1.90. The Morgan fingerprint density at radius 2 is 2.37 bits per heavy atom. The molecule has 0 saturated carbocycles. The van der Waals surface area contributed by atoms with Crippen molar-refractivity contribution < 1.29 is 29.6 Å². The monoisotopic (exact) mass is 274 g/mol. The van der Waals surface area contributed by atoms with Gasteiger partial charge in [-0.15, -0.1) is 0 Å². The Morgan fingerprint density at radius 3 is 2.89 bits per heavy atom. The summed E-state index contributed by atoms with van der Waals surface area (Å²) < 4.78 is 5.31. The van der Waals surface area contributed by atoms with Crippen molar-refractivity contribution in [2.75, 3.05) is 13.3 Å². The number of hydrogen-bond acceptors (Lipinski definition) is 6. The highest BCUT2D eigenvalue weighted by Crippen LogP contribution is 2.23. The van der Waals surface area contributed by atoms with Crippen LogP contribution in [0.5, 0.6) is 0 Å². The fraction of sp³-hybridized carbons (Fsp3) is 0.667. The van der Waals surface area contributed by atoms with Crippen molar-refractivity contribution in [1.82, 2.24) is 15.5 Å². The third kappa shape index (κ3) is 2.92. The van der Waals surface area contributed by atoms with E-state index in [1.165, 1.54) is 4.90 Å². The molecular weight excluding hydrogens is 260 g/mol. The van der Waals surface area contributed by atoms with Crippen molar-refractivity contribution in [3.05, 3.63) is 0 Å². The second-order valence-electron chi connectivity index (χ2n) is 4.09. The highest BCUT2D eigenvalue weighted by molar-refractivity contribution is 6.00. The van der Waals surface area contributed by atoms with Gasteiger partial charge in [0.25, 0.3) is 0 Å². The fourth-order valence-corrected chi connectivity index (χ4v) is 1.90. The molecule has 1 saturated heterocycles. The number of carbonyl (C=O) groups excluding carboxylic acids is 1. The first-order chi connectivity index (χ1) is 9.01. The van der Waals surface area contributed by atoms with Gasteiger partial charge < -0.3 is 25.4 Å². The van der Waals surface area contributed by atoms with Gasteiger partial charge in [0.15, 0.2) is 0 Å². The predicted molar refractivity (Wildman–Crippen MR) is 60.2 cm³/mol. The summed E-state index contributed by atoms with van der Waals surface area (Å²) in [6.45, 7) is -0.351. The highest BCUT2D eigenvalue weighted by atomic mass is 16.5. The molecule has 0 aromatic heterocycles. The lowest BCUT2D eigenvalue weighted by Crippen LogP contribution is -2.54. The van der Waals surface area contributed by atoms with Crippen LogP contribution in [0.25, 0.3) is 0 Å². The van der Waals surface area contributed by atoms with Gasteiger partial charge in [0, 0.05) is 6.42 Å². The van der Waals surface area contributed by atoms with Gasteiger partial charge >= 0.3 is 12.1 Å². The normalized spacial score (nSPS) is 30.8. The summed E-state index contributed by atoms with van der Waals surface area (Å²) in [7, 11) is 0. The number of hydrogen-bond donors (Lipinski definition) is 5. The molecule has 10 heteroatoms. The number of guanidine groups is 1. The second-order valence-corrected chi connectivity index (χ2v) is 4.09. The molecule has 106 valence electrons. The first-order valence-corrected chi connectivity index (χ1v) is 5.58. The van der Waals surface area contributed by atoms with Crippen LogP contribution in [0.15, 0.2) is 4.99 Å². The van der Waals surface area contributed by atoms with Gasteiger partial charge in [-0.3, -0.25) is 10.2 Å². The molecule has 3 amide bonds. The van der Waals surface area contributed by atoms with Crippen LogP contribution in [-0.4, -0.2) is 70.0 Å². The lowest BCUT2D eigenvalue weighted by Gasteiger charge is -2.30. The maximum Gasteiger partial charge on any atom is 0.411 e. The lowest BCUT2D eigenvalue weighted by atomic mass is 10.2. The quantitative estimate of drug-likeness (QED) is 0.394. The van der Waals surface area contributed by atoms with Gasteiger partial charge in [0.2, 0.25) is 5.96 Å². The van der Waals surface area contributed by atoms with Crippen LogP contribution >= 0.6 is 0 Å². The molecule has 0 bridgehead atoms. The molecule has 10 nitrogen and oxygen atoms in total. The first-order valence-electron chi connectivity index (χ1n) is 5.58. The molecule has 2 aliphatic rings. The summed E-state index contributed by atoms with van der Waals surface area (Å²) in [5, 5.41) is 31.5. The van der Waals surface area contributed by atoms with E-state index in [4.69, 9.17) is 14.9 Å². The van der Waals surface area contributed by atoms with Gasteiger partial charge in [0.1, 0.15) is 12.3 Å². The van der Waals surface area contributed by atoms with Crippen LogP contribution in [0.1, 0.15) is 6.42 Å². The van der Waals surface area contributed by atoms with Gasteiger partial charge in [-0.1, -0.05) is 0 Å². The van der Waals surface area contributed by atoms with Crippen LogP contribution < -0.4 is 10.6 Å². The van der Waals surface area contributed by atoms with Crippen LogP contribution in [0.3, 0.4) is 0 Å². The smallest absolute Gasteiger partial charge is 0.411 e. The SMILES string of the molecule is O=C(O)NC1=NC(=O)N(C2CC(O)C(CO)O2)CN1. The minimum atomic E-state index is -1.33. The number of carboxylic acid groups (broad SMARTS) is 1. The molecule has 1 fully saturated rings. The summed E-state index contributed by atoms with van der Waals surface area (Å²) in [5.74, 6) is -0.161. The third-order valence-corrected chi connectivity index (χ3v) is 2.83. The average molecular weight is 274 g/mol. The number of urea groups is 1. The summed E-state index contributed by atoms with van der Waals surface area (Å²) in [5.41, 5.74) is 0. The standard InChI is InChI=1S/C9H14N4O6/c14-2-5-4(15)1-6(19-5)13-3-10-7(11-8(13)16)12-9(17)18/h4-6,14-15H,1-3H2,(H,17,18)(H2,10,11,12,16). The number of nitrogens with zero attached hydrogens (tertiary/aromatic N) is 2. The molecule has 0 aromatic carbocycles. The van der Waals surface area contributed by atoms with Gasteiger partial charge in [-0.05, 0) is 0 Å². The average Bonchev–Trinajstić information content (AvgIpc) is 2.69. The largest absolute Gasteiger partial charge is 0.465 e. The molecule has 3 atom stereocenters. The van der Waals surface area contributed by atoms with Crippen molar-refractivity contribution in [3.8, 4) is 0 Å². The van der Waals surface area contributed by atoms with Crippen LogP contribution in [-0.2, 0) is 4.74 Å². The zero-order valence-electron chi connectivity index (χ0n) is 9.81. The molecule has 0 aliphatic carbocycles. The maximum absolute atomic E-state index is 11.7. The summed E-state index contributed by atoms with van der Waals surface area (Å²) in [4.78, 5) is 26.8. The van der Waals surface area contributed by atoms with Crippen molar-refractivity contribution >= 4 is 18.1 Å². The van der Waals surface area contributed by atoms with E-state index < -0.39 is 30.6 Å². The number of aliphatic hydroxyl groups is 2. The molecule has 5 N–H and O–H groups in total. The van der Waals surface area contributed by atoms with E-state index in [2.05, 4.69) is 10.3 Å². The third-order valence-electron chi connectivity index (χ3n) is 2.83. The van der Waals surface area contributed by atoms with Crippen LogP contribution in [0.2, 0.25) is 0 Å². The van der Waals surface area contributed by atoms with E-state index in [1.807, 2.05) is 5.32 Å². The Kier molecular flexibility index (Phi) is 3.83. The Morgan fingerprint density at radius 1 is 1.63 bits per heavy atom. The van der Waals surface area contributed by atoms with Crippen LogP contribution in [0.4, 0.5) is 9.59 Å². The van der Waals surface area contributed by atoms with Crippen molar-refractivity contribution in [1.29, 1.82) is 0 Å². The van der Waals surface area contributed by atoms with Crippen molar-refractivity contribution in [2.45, 2.75) is 24.9 Å². The number of aliphatic hydroxyl groups excluding tert-OH is 2. The zero-order valence-corrected chi connectivity index (χ0v) is 9.81. The maximum atomic E-state index is 11.7. The number of amides is 3. The van der Waals surface area contributed by atoms with Gasteiger partial charge in [-0.2, -0.15) is 4.99 Å². The summed E-state index contributed by atoms with van der Waals surface area (Å²) in [6.07, 6.45) is -3.47. The molecule has 0 spiro atoms. The van der Waals surface area contributed by atoms with E-state index in [-0.39, 0.29) is 25.7 Å². The molecule has 0 radical (unpaired) electrons. The summed E-state index contributed by atoms with van der Waals surface area (Å²) in [6, 6.07) is -0.682. The number of nitrogens with one attached hydrogen (secondary N) is 2. The topological polar surface area (TPSA) is 144 Å². The number of ether oxygens (including phenoxy) is 1. The van der Waals surface area contributed by atoms with E-state index in [0.717, 1.165) is 0 Å². The van der Waals surface area contributed by atoms with Crippen molar-refractivity contribution in [2.24, 2.45) is 4.99 Å². The second kappa shape index (κ2) is 5.38. The number of carbonyl (C=O) groups is 2. The zero-order chi connectivity index (χ0) is 14.0. The van der Waals surface area contributed by atoms with Gasteiger partial charge in [-0.25, -0.2) is 9.59 Å². The van der Waals surface area contributed by atoms with E-state index in [9.17, 15) is 14.7 Å². The molecule has 19 heavy (non-hydrogen) atoms. The van der Waals surface area contributed by atoms with Crippen LogP contribution in [0, 0.1) is 0 Å². The van der Waals surface area contributed by atoms with E-state index in [0.29, 0.717) is 0 Å². The molecule has 3 unspecified atom stereocenters. The van der Waals surface area contributed by atoms with Gasteiger partial charge in [0.05, 0.1) is 19.4 Å². The number of aliphatic imine (C=N–C) groups is 1. The Bertz CT molecular complexity index is 414. The predicted octanol–water partition coefficient (Wildman–Crippen LogP) is -1.94.